The Morgan fingerprint density at radius 1 is 1.31 bits per heavy atom. The van der Waals surface area contributed by atoms with Crippen molar-refractivity contribution in [1.82, 2.24) is 0 Å². The van der Waals surface area contributed by atoms with Crippen molar-refractivity contribution in [3.63, 3.8) is 0 Å². The van der Waals surface area contributed by atoms with Gasteiger partial charge < -0.3 is 4.84 Å². The fourth-order valence-electron chi connectivity index (χ4n) is 1.44. The van der Waals surface area contributed by atoms with Gasteiger partial charge in [0, 0.05) is 6.42 Å². The maximum Gasteiger partial charge on any atom is 0.122 e. The molecule has 0 saturated heterocycles. The summed E-state index contributed by atoms with van der Waals surface area (Å²) in [7, 11) is 0. The summed E-state index contributed by atoms with van der Waals surface area (Å²) in [4.78, 5) is 4.96. The molecule has 0 aromatic heterocycles. The van der Waals surface area contributed by atoms with E-state index >= 15 is 0 Å². The molecule has 1 aromatic carbocycles. The predicted molar refractivity (Wildman–Crippen MR) is 52.9 cm³/mol. The van der Waals surface area contributed by atoms with Gasteiger partial charge in [-0.2, -0.15) is 0 Å². The third-order valence-corrected chi connectivity index (χ3v) is 2.30. The number of rotatable bonds is 2. The van der Waals surface area contributed by atoms with Crippen molar-refractivity contribution in [3.8, 4) is 0 Å². The van der Waals surface area contributed by atoms with Gasteiger partial charge in [0.15, 0.2) is 0 Å². The summed E-state index contributed by atoms with van der Waals surface area (Å²) in [5, 5.41) is 3.98. The molecule has 0 unspecified atom stereocenters. The van der Waals surface area contributed by atoms with E-state index in [1.165, 1.54) is 11.1 Å². The van der Waals surface area contributed by atoms with Crippen molar-refractivity contribution in [2.45, 2.75) is 19.8 Å². The molecule has 2 heteroatoms. The van der Waals surface area contributed by atoms with Gasteiger partial charge in [-0.1, -0.05) is 36.3 Å². The molecule has 0 bridgehead atoms. The lowest BCUT2D eigenvalue weighted by Gasteiger charge is -1.99. The van der Waals surface area contributed by atoms with Crippen molar-refractivity contribution < 1.29 is 4.84 Å². The zero-order valence-corrected chi connectivity index (χ0v) is 7.79. The number of oxime groups is 1. The topological polar surface area (TPSA) is 21.6 Å². The van der Waals surface area contributed by atoms with Crippen LogP contribution in [0.3, 0.4) is 0 Å². The van der Waals surface area contributed by atoms with Gasteiger partial charge >= 0.3 is 0 Å². The SMILES string of the molecule is CCc1ccc(C2=NOCC2)cc1. The van der Waals surface area contributed by atoms with Crippen molar-refractivity contribution in [2.75, 3.05) is 6.61 Å². The molecule has 0 amide bonds. The minimum Gasteiger partial charge on any atom is -0.395 e. The summed E-state index contributed by atoms with van der Waals surface area (Å²) in [6.07, 6.45) is 2.02. The number of hydrogen-bond donors (Lipinski definition) is 0. The van der Waals surface area contributed by atoms with E-state index in [4.69, 9.17) is 4.84 Å². The van der Waals surface area contributed by atoms with Crippen molar-refractivity contribution in [1.29, 1.82) is 0 Å². The van der Waals surface area contributed by atoms with Gasteiger partial charge in [-0.3, -0.25) is 0 Å². The fourth-order valence-corrected chi connectivity index (χ4v) is 1.44. The Hall–Kier alpha value is -1.31. The number of hydrogen-bond acceptors (Lipinski definition) is 2. The molecule has 0 aliphatic carbocycles. The average Bonchev–Trinajstić information content (AvgIpc) is 2.71. The molecule has 13 heavy (non-hydrogen) atoms. The maximum atomic E-state index is 4.96. The molecule has 1 aliphatic rings. The van der Waals surface area contributed by atoms with Gasteiger partial charge in [0.1, 0.15) is 6.61 Å². The normalized spacial score (nSPS) is 15.3. The summed E-state index contributed by atoms with van der Waals surface area (Å²) >= 11 is 0. The molecule has 1 heterocycles. The van der Waals surface area contributed by atoms with E-state index in [1.54, 1.807) is 0 Å². The first-order chi connectivity index (χ1) is 6.40. The largest absolute Gasteiger partial charge is 0.395 e. The van der Waals surface area contributed by atoms with E-state index < -0.39 is 0 Å². The lowest BCUT2D eigenvalue weighted by atomic mass is 10.1. The second kappa shape index (κ2) is 3.60. The average molecular weight is 175 g/mol. The second-order valence-corrected chi connectivity index (χ2v) is 3.17. The van der Waals surface area contributed by atoms with Crippen LogP contribution in [0, 0.1) is 0 Å². The zero-order chi connectivity index (χ0) is 9.10. The Morgan fingerprint density at radius 3 is 2.62 bits per heavy atom. The first kappa shape index (κ1) is 8.30. The van der Waals surface area contributed by atoms with E-state index in [0.717, 1.165) is 25.2 Å². The van der Waals surface area contributed by atoms with Crippen LogP contribution in [-0.4, -0.2) is 12.3 Å². The maximum absolute atomic E-state index is 4.96. The standard InChI is InChI=1S/C11H13NO/c1-2-9-3-5-10(6-4-9)11-7-8-13-12-11/h3-6H,2,7-8H2,1H3. The molecule has 1 aliphatic heterocycles. The highest BCUT2D eigenvalue weighted by atomic mass is 16.6. The lowest BCUT2D eigenvalue weighted by Crippen LogP contribution is -1.96. The highest BCUT2D eigenvalue weighted by molar-refractivity contribution is 6.00. The molecule has 2 rings (SSSR count). The fraction of sp³-hybridized carbons (Fsp3) is 0.364. The van der Waals surface area contributed by atoms with Crippen LogP contribution in [0.4, 0.5) is 0 Å². The molecule has 2 nitrogen and oxygen atoms in total. The number of benzene rings is 1. The smallest absolute Gasteiger partial charge is 0.122 e. The highest BCUT2D eigenvalue weighted by Gasteiger charge is 2.09. The van der Waals surface area contributed by atoms with Crippen LogP contribution >= 0.6 is 0 Å². The Bertz CT molecular complexity index is 313. The third kappa shape index (κ3) is 1.72. The first-order valence-electron chi connectivity index (χ1n) is 4.68. The Kier molecular flexibility index (Phi) is 2.30. The second-order valence-electron chi connectivity index (χ2n) is 3.17. The molecular formula is C11H13NO. The monoisotopic (exact) mass is 175 g/mol. The van der Waals surface area contributed by atoms with Crippen molar-refractivity contribution >= 4 is 5.71 Å². The van der Waals surface area contributed by atoms with E-state index in [0.29, 0.717) is 0 Å². The lowest BCUT2D eigenvalue weighted by molar-refractivity contribution is 0.174. The van der Waals surface area contributed by atoms with Crippen molar-refractivity contribution in [3.05, 3.63) is 35.4 Å². The summed E-state index contributed by atoms with van der Waals surface area (Å²) < 4.78 is 0. The Balaban J connectivity index is 2.22. The van der Waals surface area contributed by atoms with Crippen LogP contribution in [0.25, 0.3) is 0 Å². The molecule has 0 fully saturated rings. The molecule has 0 saturated carbocycles. The minimum absolute atomic E-state index is 0.727. The first-order valence-corrected chi connectivity index (χ1v) is 4.68. The van der Waals surface area contributed by atoms with Crippen molar-refractivity contribution in [2.24, 2.45) is 5.16 Å². The summed E-state index contributed by atoms with van der Waals surface area (Å²) in [6, 6.07) is 8.53. The molecule has 0 radical (unpaired) electrons. The van der Waals surface area contributed by atoms with Gasteiger partial charge in [-0.15, -0.1) is 0 Å². The van der Waals surface area contributed by atoms with Crippen LogP contribution < -0.4 is 0 Å². The molecular weight excluding hydrogens is 162 g/mol. The number of nitrogens with zero attached hydrogens (tertiary/aromatic N) is 1. The third-order valence-electron chi connectivity index (χ3n) is 2.30. The molecule has 68 valence electrons. The molecule has 0 spiro atoms. The summed E-state index contributed by atoms with van der Waals surface area (Å²) in [6.45, 7) is 2.88. The van der Waals surface area contributed by atoms with Crippen LogP contribution in [0.1, 0.15) is 24.5 Å². The van der Waals surface area contributed by atoms with Crippen LogP contribution in [0.15, 0.2) is 29.4 Å². The van der Waals surface area contributed by atoms with Crippen LogP contribution in [0.5, 0.6) is 0 Å². The van der Waals surface area contributed by atoms with E-state index in [-0.39, 0.29) is 0 Å². The van der Waals surface area contributed by atoms with E-state index in [2.05, 4.69) is 36.3 Å². The van der Waals surface area contributed by atoms with Gasteiger partial charge in [0.2, 0.25) is 0 Å². The molecule has 1 aromatic rings. The minimum atomic E-state index is 0.727. The van der Waals surface area contributed by atoms with E-state index in [1.807, 2.05) is 0 Å². The summed E-state index contributed by atoms with van der Waals surface area (Å²) in [5.41, 5.74) is 3.63. The molecule has 0 N–H and O–H groups in total. The zero-order valence-electron chi connectivity index (χ0n) is 7.79. The van der Waals surface area contributed by atoms with Gasteiger partial charge in [-0.25, -0.2) is 0 Å². The number of aryl methyl sites for hydroxylation is 1. The predicted octanol–water partition coefficient (Wildman–Crippen LogP) is 2.37. The highest BCUT2D eigenvalue weighted by Crippen LogP contribution is 2.12. The van der Waals surface area contributed by atoms with Gasteiger partial charge in [0.25, 0.3) is 0 Å². The quantitative estimate of drug-likeness (QED) is 0.676. The van der Waals surface area contributed by atoms with Crippen LogP contribution in [-0.2, 0) is 11.3 Å². The van der Waals surface area contributed by atoms with E-state index in [9.17, 15) is 0 Å². The summed E-state index contributed by atoms with van der Waals surface area (Å²) in [5.74, 6) is 0. The Labute approximate surface area is 78.2 Å². The Morgan fingerprint density at radius 2 is 2.08 bits per heavy atom. The van der Waals surface area contributed by atoms with Gasteiger partial charge in [0.05, 0.1) is 5.71 Å². The van der Waals surface area contributed by atoms with Crippen LogP contribution in [0.2, 0.25) is 0 Å². The molecule has 0 atom stereocenters. The van der Waals surface area contributed by atoms with Gasteiger partial charge in [-0.05, 0) is 17.5 Å².